The third-order valence-corrected chi connectivity index (χ3v) is 4.63. The van der Waals surface area contributed by atoms with Gasteiger partial charge in [0.15, 0.2) is 6.10 Å². The predicted octanol–water partition coefficient (Wildman–Crippen LogP) is 2.20. The highest BCUT2D eigenvalue weighted by molar-refractivity contribution is 6.03. The van der Waals surface area contributed by atoms with Gasteiger partial charge < -0.3 is 9.64 Å². The topological polar surface area (TPSA) is 49.9 Å². The molecule has 0 spiro atoms. The predicted molar refractivity (Wildman–Crippen MR) is 83.9 cm³/mol. The molecule has 1 atom stereocenters. The largest absolute Gasteiger partial charge is 0.479 e. The lowest BCUT2D eigenvalue weighted by atomic mass is 10.1. The number of carbonyl (C=O) groups excluding carboxylic acids is 2. The maximum atomic E-state index is 12.6. The summed E-state index contributed by atoms with van der Waals surface area (Å²) in [5, 5.41) is 0. The van der Waals surface area contributed by atoms with E-state index in [-0.39, 0.29) is 18.4 Å². The average Bonchev–Trinajstić information content (AvgIpc) is 3.05. The smallest absolute Gasteiger partial charge is 0.268 e. The van der Waals surface area contributed by atoms with E-state index in [1.807, 2.05) is 36.2 Å². The van der Waals surface area contributed by atoms with Crippen molar-refractivity contribution in [3.8, 4) is 5.75 Å². The first-order valence-corrected chi connectivity index (χ1v) is 7.90. The van der Waals surface area contributed by atoms with Gasteiger partial charge in [-0.05, 0) is 31.9 Å². The fourth-order valence-electron chi connectivity index (χ4n) is 3.26. The molecule has 118 valence electrons. The lowest BCUT2D eigenvalue weighted by molar-refractivity contribution is -0.133. The van der Waals surface area contributed by atoms with Crippen LogP contribution in [0.1, 0.15) is 32.6 Å². The van der Waals surface area contributed by atoms with Crippen molar-refractivity contribution < 1.29 is 14.3 Å². The Morgan fingerprint density at radius 3 is 2.73 bits per heavy atom. The second-order valence-corrected chi connectivity index (χ2v) is 6.10. The fraction of sp³-hybridized carbons (Fsp3) is 0.529. The molecule has 1 aromatic carbocycles. The van der Waals surface area contributed by atoms with Crippen LogP contribution in [0.4, 0.5) is 5.69 Å². The Kier molecular flexibility index (Phi) is 4.05. The van der Waals surface area contributed by atoms with E-state index in [4.69, 9.17) is 4.74 Å². The second-order valence-electron chi connectivity index (χ2n) is 6.10. The van der Waals surface area contributed by atoms with Crippen LogP contribution in [0, 0.1) is 0 Å². The average molecular weight is 302 g/mol. The maximum Gasteiger partial charge on any atom is 0.268 e. The summed E-state index contributed by atoms with van der Waals surface area (Å²) in [6, 6.07) is 7.69. The molecule has 0 N–H and O–H groups in total. The molecule has 0 saturated heterocycles. The van der Waals surface area contributed by atoms with Crippen molar-refractivity contribution in [2.24, 2.45) is 0 Å². The summed E-state index contributed by atoms with van der Waals surface area (Å²) in [4.78, 5) is 28.3. The zero-order valence-corrected chi connectivity index (χ0v) is 13.1. The SMILES string of the molecule is C[C@@H]1Oc2ccccc2N(CC(=O)N(C)C2CCCC2)C1=O. The molecule has 1 aliphatic carbocycles. The van der Waals surface area contributed by atoms with Gasteiger partial charge in [-0.2, -0.15) is 0 Å². The number of hydrogen-bond donors (Lipinski definition) is 0. The number of nitrogens with zero attached hydrogens (tertiary/aromatic N) is 2. The Hall–Kier alpha value is -2.04. The van der Waals surface area contributed by atoms with E-state index < -0.39 is 6.10 Å². The molecule has 1 fully saturated rings. The third kappa shape index (κ3) is 2.67. The van der Waals surface area contributed by atoms with Crippen molar-refractivity contribution in [3.63, 3.8) is 0 Å². The van der Waals surface area contributed by atoms with Gasteiger partial charge in [-0.1, -0.05) is 25.0 Å². The molecule has 1 heterocycles. The molecule has 2 aliphatic rings. The van der Waals surface area contributed by atoms with Crippen molar-refractivity contribution in [3.05, 3.63) is 24.3 Å². The minimum Gasteiger partial charge on any atom is -0.479 e. The molecule has 0 bridgehead atoms. The Morgan fingerprint density at radius 2 is 2.00 bits per heavy atom. The van der Waals surface area contributed by atoms with Gasteiger partial charge in [0.2, 0.25) is 5.91 Å². The molecule has 1 saturated carbocycles. The summed E-state index contributed by atoms with van der Waals surface area (Å²) in [5.41, 5.74) is 0.679. The van der Waals surface area contributed by atoms with Gasteiger partial charge in [0.25, 0.3) is 5.91 Å². The van der Waals surface area contributed by atoms with E-state index in [9.17, 15) is 9.59 Å². The lowest BCUT2D eigenvalue weighted by Gasteiger charge is -2.34. The zero-order chi connectivity index (χ0) is 15.7. The minimum atomic E-state index is -0.556. The highest BCUT2D eigenvalue weighted by Crippen LogP contribution is 2.33. The van der Waals surface area contributed by atoms with Crippen LogP contribution in [0.15, 0.2) is 24.3 Å². The fourth-order valence-corrected chi connectivity index (χ4v) is 3.26. The van der Waals surface area contributed by atoms with Crippen LogP contribution in [0.2, 0.25) is 0 Å². The van der Waals surface area contributed by atoms with Gasteiger partial charge in [0.1, 0.15) is 12.3 Å². The molecule has 1 aliphatic heterocycles. The number of amides is 2. The van der Waals surface area contributed by atoms with Gasteiger partial charge in [0, 0.05) is 13.1 Å². The van der Waals surface area contributed by atoms with Crippen molar-refractivity contribution in [2.45, 2.75) is 44.8 Å². The van der Waals surface area contributed by atoms with Crippen molar-refractivity contribution in [2.75, 3.05) is 18.5 Å². The number of ether oxygens (including phenoxy) is 1. The summed E-state index contributed by atoms with van der Waals surface area (Å²) >= 11 is 0. The summed E-state index contributed by atoms with van der Waals surface area (Å²) in [6.45, 7) is 1.80. The Bertz CT molecular complexity index is 581. The number of hydrogen-bond acceptors (Lipinski definition) is 3. The molecule has 5 nitrogen and oxygen atoms in total. The summed E-state index contributed by atoms with van der Waals surface area (Å²) in [5.74, 6) is 0.488. The summed E-state index contributed by atoms with van der Waals surface area (Å²) < 4.78 is 5.60. The summed E-state index contributed by atoms with van der Waals surface area (Å²) in [6.07, 6.45) is 3.93. The molecular formula is C17H22N2O3. The van der Waals surface area contributed by atoms with Crippen molar-refractivity contribution in [1.29, 1.82) is 0 Å². The Morgan fingerprint density at radius 1 is 1.32 bits per heavy atom. The van der Waals surface area contributed by atoms with E-state index in [2.05, 4.69) is 0 Å². The van der Waals surface area contributed by atoms with E-state index in [0.29, 0.717) is 17.5 Å². The Balaban J connectivity index is 1.78. The molecule has 5 heteroatoms. The Labute approximate surface area is 130 Å². The van der Waals surface area contributed by atoms with Crippen LogP contribution in [0.3, 0.4) is 0 Å². The van der Waals surface area contributed by atoms with E-state index >= 15 is 0 Å². The van der Waals surface area contributed by atoms with Gasteiger partial charge in [0.05, 0.1) is 5.69 Å². The van der Waals surface area contributed by atoms with E-state index in [0.717, 1.165) is 12.8 Å². The van der Waals surface area contributed by atoms with Crippen molar-refractivity contribution in [1.82, 2.24) is 4.90 Å². The molecular weight excluding hydrogens is 280 g/mol. The van der Waals surface area contributed by atoms with Crippen LogP contribution in [0.25, 0.3) is 0 Å². The maximum absolute atomic E-state index is 12.6. The molecule has 1 aromatic rings. The normalized spacial score (nSPS) is 21.5. The number of benzene rings is 1. The monoisotopic (exact) mass is 302 g/mol. The summed E-state index contributed by atoms with van der Waals surface area (Å²) in [7, 11) is 1.85. The highest BCUT2D eigenvalue weighted by atomic mass is 16.5. The second kappa shape index (κ2) is 5.99. The first-order chi connectivity index (χ1) is 10.6. The number of para-hydroxylation sites is 2. The third-order valence-electron chi connectivity index (χ3n) is 4.63. The molecule has 2 amide bonds. The van der Waals surface area contributed by atoms with Gasteiger partial charge in [-0.25, -0.2) is 0 Å². The van der Waals surface area contributed by atoms with Crippen LogP contribution >= 0.6 is 0 Å². The van der Waals surface area contributed by atoms with Crippen LogP contribution < -0.4 is 9.64 Å². The first kappa shape index (κ1) is 14.9. The quantitative estimate of drug-likeness (QED) is 0.860. The molecule has 3 rings (SSSR count). The first-order valence-electron chi connectivity index (χ1n) is 7.90. The highest BCUT2D eigenvalue weighted by Gasteiger charge is 2.34. The molecule has 0 radical (unpaired) electrons. The number of carbonyl (C=O) groups is 2. The zero-order valence-electron chi connectivity index (χ0n) is 13.1. The van der Waals surface area contributed by atoms with Crippen molar-refractivity contribution >= 4 is 17.5 Å². The molecule has 22 heavy (non-hydrogen) atoms. The van der Waals surface area contributed by atoms with Crippen LogP contribution in [-0.2, 0) is 9.59 Å². The van der Waals surface area contributed by atoms with Gasteiger partial charge in [-0.3, -0.25) is 14.5 Å². The van der Waals surface area contributed by atoms with E-state index in [1.165, 1.54) is 12.8 Å². The van der Waals surface area contributed by atoms with Gasteiger partial charge in [-0.15, -0.1) is 0 Å². The molecule has 0 unspecified atom stereocenters. The minimum absolute atomic E-state index is 0.0100. The molecule has 0 aromatic heterocycles. The lowest BCUT2D eigenvalue weighted by Crippen LogP contribution is -2.50. The number of anilines is 1. The number of fused-ring (bicyclic) bond motifs is 1. The number of rotatable bonds is 3. The van der Waals surface area contributed by atoms with E-state index in [1.54, 1.807) is 11.8 Å². The number of likely N-dealkylation sites (N-methyl/N-ethyl adjacent to an activating group) is 1. The van der Waals surface area contributed by atoms with Crippen LogP contribution in [-0.4, -0.2) is 42.5 Å². The standard InChI is InChI=1S/C17H22N2O3/c1-12-17(21)19(14-9-5-6-10-15(14)22-12)11-16(20)18(2)13-7-3-4-8-13/h5-6,9-10,12-13H,3-4,7-8,11H2,1-2H3/t12-/m0/s1. The van der Waals surface area contributed by atoms with Crippen LogP contribution in [0.5, 0.6) is 5.75 Å². The van der Waals surface area contributed by atoms with Gasteiger partial charge >= 0.3 is 0 Å².